The van der Waals surface area contributed by atoms with Gasteiger partial charge >= 0.3 is 0 Å². The summed E-state index contributed by atoms with van der Waals surface area (Å²) in [5, 5.41) is 5.84. The van der Waals surface area contributed by atoms with E-state index in [1.54, 1.807) is 30.5 Å². The van der Waals surface area contributed by atoms with Crippen LogP contribution in [0.1, 0.15) is 22.8 Å². The highest BCUT2D eigenvalue weighted by atomic mass is 19.1. The molecule has 0 aliphatic heterocycles. The van der Waals surface area contributed by atoms with Gasteiger partial charge in [0.05, 0.1) is 23.1 Å². The Morgan fingerprint density at radius 3 is 2.52 bits per heavy atom. The van der Waals surface area contributed by atoms with Crippen LogP contribution in [0.25, 0.3) is 0 Å². The number of anilines is 3. The molecular weight excluding hydrogens is 317 g/mol. The molecule has 0 saturated heterocycles. The zero-order valence-corrected chi connectivity index (χ0v) is 13.8. The van der Waals surface area contributed by atoms with E-state index in [1.165, 1.54) is 12.3 Å². The highest BCUT2D eigenvalue weighted by Gasteiger charge is 2.10. The summed E-state index contributed by atoms with van der Waals surface area (Å²) in [5.41, 5.74) is 3.11. The Hall–Kier alpha value is -3.21. The average molecular weight is 335 g/mol. The first-order valence-electron chi connectivity index (χ1n) is 8.03. The Labute approximate surface area is 145 Å². The third-order valence-corrected chi connectivity index (χ3v) is 3.80. The summed E-state index contributed by atoms with van der Waals surface area (Å²) in [6, 6.07) is 15.6. The molecule has 1 amide bonds. The van der Waals surface area contributed by atoms with E-state index in [9.17, 15) is 9.18 Å². The molecule has 0 radical (unpaired) electrons. The largest absolute Gasteiger partial charge is 0.352 e. The zero-order chi connectivity index (χ0) is 17.6. The number of hydrogen-bond acceptors (Lipinski definition) is 3. The molecule has 0 saturated carbocycles. The van der Waals surface area contributed by atoms with Crippen LogP contribution in [0, 0.1) is 5.82 Å². The average Bonchev–Trinajstić information content (AvgIpc) is 2.64. The van der Waals surface area contributed by atoms with Crippen molar-refractivity contribution < 1.29 is 9.18 Å². The number of hydrogen-bond donors (Lipinski definition) is 2. The monoisotopic (exact) mass is 335 g/mol. The minimum Gasteiger partial charge on any atom is -0.352 e. The fourth-order valence-corrected chi connectivity index (χ4v) is 2.50. The van der Waals surface area contributed by atoms with Gasteiger partial charge in [-0.15, -0.1) is 0 Å². The predicted octanol–water partition coefficient (Wildman–Crippen LogP) is 4.78. The molecule has 2 N–H and O–H groups in total. The number of amides is 1. The Morgan fingerprint density at radius 1 is 1.04 bits per heavy atom. The normalized spacial score (nSPS) is 10.3. The van der Waals surface area contributed by atoms with Gasteiger partial charge < -0.3 is 10.6 Å². The molecule has 0 fully saturated rings. The van der Waals surface area contributed by atoms with Crippen molar-refractivity contribution in [1.29, 1.82) is 0 Å². The van der Waals surface area contributed by atoms with Crippen molar-refractivity contribution in [2.45, 2.75) is 13.3 Å². The van der Waals surface area contributed by atoms with E-state index >= 15 is 0 Å². The minimum absolute atomic E-state index is 0.259. The second-order valence-electron chi connectivity index (χ2n) is 5.53. The van der Waals surface area contributed by atoms with Gasteiger partial charge in [-0.2, -0.15) is 0 Å². The molecule has 3 rings (SSSR count). The summed E-state index contributed by atoms with van der Waals surface area (Å²) < 4.78 is 13.7. The molecule has 0 spiro atoms. The molecule has 126 valence electrons. The second kappa shape index (κ2) is 7.57. The fourth-order valence-electron chi connectivity index (χ4n) is 2.50. The maximum absolute atomic E-state index is 13.7. The molecule has 1 heterocycles. The van der Waals surface area contributed by atoms with Crippen LogP contribution < -0.4 is 10.6 Å². The number of aromatic nitrogens is 1. The standard InChI is InChI=1S/C20H18FN3O/c1-2-14-7-3-5-9-18(14)24-20(25)15-11-16(13-22-12-15)23-19-10-6-4-8-17(19)21/h3-13,23H,2H2,1H3,(H,24,25). The second-order valence-corrected chi connectivity index (χ2v) is 5.53. The maximum Gasteiger partial charge on any atom is 0.257 e. The molecule has 1 aromatic heterocycles. The van der Waals surface area contributed by atoms with Crippen LogP contribution >= 0.6 is 0 Å². The first-order valence-corrected chi connectivity index (χ1v) is 8.03. The molecule has 2 aromatic carbocycles. The lowest BCUT2D eigenvalue weighted by molar-refractivity contribution is 0.102. The van der Waals surface area contributed by atoms with Crippen molar-refractivity contribution in [2.24, 2.45) is 0 Å². The first kappa shape index (κ1) is 16.6. The van der Waals surface area contributed by atoms with Crippen molar-refractivity contribution in [3.63, 3.8) is 0 Å². The molecular formula is C20H18FN3O. The highest BCUT2D eigenvalue weighted by molar-refractivity contribution is 6.05. The van der Waals surface area contributed by atoms with Gasteiger partial charge in [0.25, 0.3) is 5.91 Å². The zero-order valence-electron chi connectivity index (χ0n) is 13.8. The van der Waals surface area contributed by atoms with E-state index in [2.05, 4.69) is 15.6 Å². The quantitative estimate of drug-likeness (QED) is 0.705. The van der Waals surface area contributed by atoms with Crippen LogP contribution in [0.3, 0.4) is 0 Å². The van der Waals surface area contributed by atoms with E-state index in [0.717, 1.165) is 17.7 Å². The van der Waals surface area contributed by atoms with Crippen LogP contribution in [-0.4, -0.2) is 10.9 Å². The molecule has 0 atom stereocenters. The molecule has 3 aromatic rings. The third-order valence-electron chi connectivity index (χ3n) is 3.80. The summed E-state index contributed by atoms with van der Waals surface area (Å²) in [6.07, 6.45) is 3.85. The van der Waals surface area contributed by atoms with E-state index < -0.39 is 0 Å². The minimum atomic E-state index is -0.366. The van der Waals surface area contributed by atoms with Gasteiger partial charge in [0.2, 0.25) is 0 Å². The lowest BCUT2D eigenvalue weighted by Crippen LogP contribution is -2.13. The number of para-hydroxylation sites is 2. The van der Waals surface area contributed by atoms with Gasteiger partial charge in [0.15, 0.2) is 0 Å². The number of benzene rings is 2. The van der Waals surface area contributed by atoms with Crippen molar-refractivity contribution in [3.8, 4) is 0 Å². The topological polar surface area (TPSA) is 54.0 Å². The number of halogens is 1. The highest BCUT2D eigenvalue weighted by Crippen LogP contribution is 2.21. The predicted molar refractivity (Wildman–Crippen MR) is 97.7 cm³/mol. The number of pyridine rings is 1. The molecule has 25 heavy (non-hydrogen) atoms. The van der Waals surface area contributed by atoms with Crippen molar-refractivity contribution >= 4 is 23.0 Å². The summed E-state index contributed by atoms with van der Waals surface area (Å²) in [5.74, 6) is -0.625. The Kier molecular flexibility index (Phi) is 5.04. The summed E-state index contributed by atoms with van der Waals surface area (Å²) in [6.45, 7) is 2.03. The van der Waals surface area contributed by atoms with E-state index in [-0.39, 0.29) is 11.7 Å². The molecule has 0 aliphatic rings. The number of aryl methyl sites for hydroxylation is 1. The third kappa shape index (κ3) is 4.01. The first-order chi connectivity index (χ1) is 12.2. The molecule has 0 unspecified atom stereocenters. The molecule has 4 nitrogen and oxygen atoms in total. The van der Waals surface area contributed by atoms with Gasteiger partial charge in [0.1, 0.15) is 5.82 Å². The Balaban J connectivity index is 1.79. The van der Waals surface area contributed by atoms with Crippen LogP contribution in [0.2, 0.25) is 0 Å². The van der Waals surface area contributed by atoms with Gasteiger partial charge in [-0.05, 0) is 36.2 Å². The van der Waals surface area contributed by atoms with Crippen molar-refractivity contribution in [2.75, 3.05) is 10.6 Å². The lowest BCUT2D eigenvalue weighted by Gasteiger charge is -2.11. The van der Waals surface area contributed by atoms with Crippen molar-refractivity contribution in [3.05, 3.63) is 83.9 Å². The SMILES string of the molecule is CCc1ccccc1NC(=O)c1cncc(Nc2ccccc2F)c1. The summed E-state index contributed by atoms with van der Waals surface area (Å²) >= 11 is 0. The number of carbonyl (C=O) groups excluding carboxylic acids is 1. The number of nitrogens with one attached hydrogen (secondary N) is 2. The van der Waals surface area contributed by atoms with Crippen LogP contribution in [0.5, 0.6) is 0 Å². The molecule has 0 bridgehead atoms. The Morgan fingerprint density at radius 2 is 1.76 bits per heavy atom. The van der Waals surface area contributed by atoms with Crippen LogP contribution in [0.15, 0.2) is 67.0 Å². The lowest BCUT2D eigenvalue weighted by atomic mass is 10.1. The Bertz CT molecular complexity index is 895. The fraction of sp³-hybridized carbons (Fsp3) is 0.100. The van der Waals surface area contributed by atoms with Gasteiger partial charge in [0, 0.05) is 11.9 Å². The molecule has 0 aliphatic carbocycles. The van der Waals surface area contributed by atoms with Gasteiger partial charge in [-0.3, -0.25) is 9.78 Å². The number of carbonyl (C=O) groups is 1. The number of rotatable bonds is 5. The van der Waals surface area contributed by atoms with Gasteiger partial charge in [-0.1, -0.05) is 37.3 Å². The van der Waals surface area contributed by atoms with Crippen LogP contribution in [-0.2, 0) is 6.42 Å². The maximum atomic E-state index is 13.7. The van der Waals surface area contributed by atoms with Gasteiger partial charge in [-0.25, -0.2) is 4.39 Å². The summed E-state index contributed by atoms with van der Waals surface area (Å²) in [4.78, 5) is 16.6. The number of nitrogens with zero attached hydrogens (tertiary/aromatic N) is 1. The van der Waals surface area contributed by atoms with Crippen molar-refractivity contribution in [1.82, 2.24) is 4.98 Å². The summed E-state index contributed by atoms with van der Waals surface area (Å²) in [7, 11) is 0. The van der Waals surface area contributed by atoms with Crippen LogP contribution in [0.4, 0.5) is 21.5 Å². The van der Waals surface area contributed by atoms with E-state index in [0.29, 0.717) is 16.9 Å². The molecule has 5 heteroatoms. The van der Waals surface area contributed by atoms with E-state index in [4.69, 9.17) is 0 Å². The van der Waals surface area contributed by atoms with E-state index in [1.807, 2.05) is 31.2 Å². The smallest absolute Gasteiger partial charge is 0.257 e.